The van der Waals surface area contributed by atoms with Crippen LogP contribution < -0.4 is 5.43 Å². The summed E-state index contributed by atoms with van der Waals surface area (Å²) in [5.74, 6) is 1.22. The number of fused-ring (bicyclic) bond motifs is 2. The van der Waals surface area contributed by atoms with Crippen LogP contribution in [0.25, 0.3) is 0 Å². The average Bonchev–Trinajstić information content (AvgIpc) is 2.94. The van der Waals surface area contributed by atoms with Crippen molar-refractivity contribution in [3.05, 3.63) is 0 Å². The number of rotatable bonds is 2. The Hall–Kier alpha value is -0.610. The fourth-order valence-corrected chi connectivity index (χ4v) is 4.23. The normalized spacial score (nSPS) is 47.0. The molecule has 5 atom stereocenters. The zero-order valence-electron chi connectivity index (χ0n) is 11.5. The first-order valence-corrected chi connectivity index (χ1v) is 7.47. The van der Waals surface area contributed by atoms with Gasteiger partial charge < -0.3 is 5.21 Å². The van der Waals surface area contributed by atoms with Gasteiger partial charge in [-0.3, -0.25) is 0 Å². The summed E-state index contributed by atoms with van der Waals surface area (Å²) >= 11 is 0. The van der Waals surface area contributed by atoms with Crippen molar-refractivity contribution in [1.29, 1.82) is 0 Å². The molecule has 4 heteroatoms. The number of oxime groups is 1. The van der Waals surface area contributed by atoms with Crippen molar-refractivity contribution in [3.8, 4) is 0 Å². The van der Waals surface area contributed by atoms with Gasteiger partial charge in [-0.05, 0) is 51.9 Å². The van der Waals surface area contributed by atoms with E-state index < -0.39 is 0 Å². The minimum Gasteiger partial charge on any atom is -0.411 e. The molecule has 2 aliphatic carbocycles. The second-order valence-electron chi connectivity index (χ2n) is 6.44. The molecule has 3 rings (SSSR count). The number of nitrogens with zero attached hydrogens (tertiary/aromatic N) is 2. The van der Waals surface area contributed by atoms with Gasteiger partial charge in [-0.2, -0.15) is 0 Å². The smallest absolute Gasteiger partial charge is 0.0787 e. The SMILES string of the molecule is CC1CCCC(C)N1NC1C(=NO)C2CCC1C2. The average molecular weight is 251 g/mol. The molecule has 1 saturated heterocycles. The number of hydrogen-bond donors (Lipinski definition) is 2. The van der Waals surface area contributed by atoms with Crippen LogP contribution in [-0.4, -0.2) is 34.1 Å². The molecule has 2 bridgehead atoms. The fraction of sp³-hybridized carbons (Fsp3) is 0.929. The van der Waals surface area contributed by atoms with E-state index in [9.17, 15) is 5.21 Å². The predicted molar refractivity (Wildman–Crippen MR) is 71.6 cm³/mol. The zero-order valence-corrected chi connectivity index (χ0v) is 11.5. The van der Waals surface area contributed by atoms with Gasteiger partial charge in [0.1, 0.15) is 0 Å². The van der Waals surface area contributed by atoms with E-state index in [0.29, 0.717) is 23.9 Å². The number of nitrogens with one attached hydrogen (secondary N) is 1. The van der Waals surface area contributed by atoms with Gasteiger partial charge in [0, 0.05) is 18.0 Å². The van der Waals surface area contributed by atoms with Gasteiger partial charge in [0.2, 0.25) is 0 Å². The highest BCUT2D eigenvalue weighted by atomic mass is 16.4. The summed E-state index contributed by atoms with van der Waals surface area (Å²) in [5, 5.41) is 15.3. The summed E-state index contributed by atoms with van der Waals surface area (Å²) in [7, 11) is 0. The summed E-state index contributed by atoms with van der Waals surface area (Å²) < 4.78 is 0. The lowest BCUT2D eigenvalue weighted by Gasteiger charge is -2.42. The molecule has 3 aliphatic rings. The highest BCUT2D eigenvalue weighted by molar-refractivity contribution is 5.94. The van der Waals surface area contributed by atoms with E-state index in [1.807, 2.05) is 0 Å². The molecule has 2 N–H and O–H groups in total. The molecular weight excluding hydrogens is 226 g/mol. The van der Waals surface area contributed by atoms with Crippen LogP contribution >= 0.6 is 0 Å². The van der Waals surface area contributed by atoms with Crippen molar-refractivity contribution in [2.24, 2.45) is 17.0 Å². The van der Waals surface area contributed by atoms with Crippen molar-refractivity contribution < 1.29 is 5.21 Å². The topological polar surface area (TPSA) is 47.9 Å². The van der Waals surface area contributed by atoms with Crippen LogP contribution in [0.5, 0.6) is 0 Å². The Morgan fingerprint density at radius 2 is 1.89 bits per heavy atom. The maximum absolute atomic E-state index is 9.25. The van der Waals surface area contributed by atoms with E-state index in [1.165, 1.54) is 38.5 Å². The minimum atomic E-state index is 0.289. The second-order valence-corrected chi connectivity index (χ2v) is 6.44. The van der Waals surface area contributed by atoms with Crippen LogP contribution in [0.2, 0.25) is 0 Å². The molecule has 1 heterocycles. The molecule has 0 aromatic rings. The second kappa shape index (κ2) is 4.82. The monoisotopic (exact) mass is 251 g/mol. The molecule has 0 amide bonds. The van der Waals surface area contributed by atoms with Gasteiger partial charge >= 0.3 is 0 Å². The fourth-order valence-electron chi connectivity index (χ4n) is 4.23. The summed E-state index contributed by atoms with van der Waals surface area (Å²) in [6.07, 6.45) is 7.59. The largest absolute Gasteiger partial charge is 0.411 e. The molecule has 1 aliphatic heterocycles. The molecule has 0 radical (unpaired) electrons. The zero-order chi connectivity index (χ0) is 12.7. The molecular formula is C14H25N3O. The minimum absolute atomic E-state index is 0.289. The maximum Gasteiger partial charge on any atom is 0.0787 e. The third-order valence-corrected chi connectivity index (χ3v) is 5.28. The van der Waals surface area contributed by atoms with Crippen molar-refractivity contribution in [1.82, 2.24) is 10.4 Å². The quantitative estimate of drug-likeness (QED) is 0.585. The van der Waals surface area contributed by atoms with Gasteiger partial charge in [0.25, 0.3) is 0 Å². The van der Waals surface area contributed by atoms with Crippen LogP contribution in [0.3, 0.4) is 0 Å². The van der Waals surface area contributed by atoms with E-state index >= 15 is 0 Å². The maximum atomic E-state index is 9.25. The molecule has 2 saturated carbocycles. The summed E-state index contributed by atoms with van der Waals surface area (Å²) in [6.45, 7) is 4.59. The Morgan fingerprint density at radius 3 is 2.56 bits per heavy atom. The van der Waals surface area contributed by atoms with Gasteiger partial charge in [-0.25, -0.2) is 10.4 Å². The standard InChI is InChI=1S/C14H25N3O/c1-9-4-3-5-10(2)17(9)15-13-11-6-7-12(8-11)14(13)16-18/h9-13,15,18H,3-8H2,1-2H3. The van der Waals surface area contributed by atoms with E-state index in [1.54, 1.807) is 0 Å². The Labute approximate surface area is 109 Å². The molecule has 5 unspecified atom stereocenters. The Morgan fingerprint density at radius 1 is 1.17 bits per heavy atom. The van der Waals surface area contributed by atoms with Crippen molar-refractivity contribution in [3.63, 3.8) is 0 Å². The number of hydrogen-bond acceptors (Lipinski definition) is 4. The van der Waals surface area contributed by atoms with Gasteiger partial charge in [0.15, 0.2) is 0 Å². The van der Waals surface area contributed by atoms with Crippen LogP contribution in [0.15, 0.2) is 5.16 Å². The van der Waals surface area contributed by atoms with Crippen LogP contribution in [0, 0.1) is 11.8 Å². The molecule has 4 nitrogen and oxygen atoms in total. The van der Waals surface area contributed by atoms with Gasteiger partial charge in [-0.15, -0.1) is 0 Å². The summed E-state index contributed by atoms with van der Waals surface area (Å²) in [5.41, 5.74) is 4.70. The third-order valence-electron chi connectivity index (χ3n) is 5.28. The molecule has 102 valence electrons. The lowest BCUT2D eigenvalue weighted by molar-refractivity contribution is 0.0318. The van der Waals surface area contributed by atoms with Crippen molar-refractivity contribution in [2.45, 2.75) is 70.5 Å². The third kappa shape index (κ3) is 1.95. The predicted octanol–water partition coefficient (Wildman–Crippen LogP) is 2.38. The van der Waals surface area contributed by atoms with E-state index in [4.69, 9.17) is 0 Å². The van der Waals surface area contributed by atoms with E-state index in [0.717, 1.165) is 5.71 Å². The Bertz CT molecular complexity index is 334. The lowest BCUT2D eigenvalue weighted by Crippen LogP contribution is -2.58. The van der Waals surface area contributed by atoms with Crippen LogP contribution in [-0.2, 0) is 0 Å². The van der Waals surface area contributed by atoms with Crippen molar-refractivity contribution >= 4 is 5.71 Å². The molecule has 0 aromatic heterocycles. The molecule has 0 spiro atoms. The summed E-state index contributed by atoms with van der Waals surface area (Å²) in [4.78, 5) is 0. The first-order valence-electron chi connectivity index (χ1n) is 7.47. The van der Waals surface area contributed by atoms with E-state index in [-0.39, 0.29) is 6.04 Å². The molecule has 18 heavy (non-hydrogen) atoms. The first kappa shape index (κ1) is 12.4. The number of piperidine rings is 1. The molecule has 0 aromatic carbocycles. The number of hydrazine groups is 1. The van der Waals surface area contributed by atoms with Crippen LogP contribution in [0.4, 0.5) is 0 Å². The van der Waals surface area contributed by atoms with E-state index in [2.05, 4.69) is 29.4 Å². The van der Waals surface area contributed by atoms with Gasteiger partial charge in [-0.1, -0.05) is 11.6 Å². The van der Waals surface area contributed by atoms with Crippen LogP contribution in [0.1, 0.15) is 52.4 Å². The Balaban J connectivity index is 1.72. The summed E-state index contributed by atoms with van der Waals surface area (Å²) in [6, 6.07) is 1.47. The molecule has 3 fully saturated rings. The highest BCUT2D eigenvalue weighted by Crippen LogP contribution is 2.43. The first-order chi connectivity index (χ1) is 8.70. The lowest BCUT2D eigenvalue weighted by atomic mass is 9.93. The van der Waals surface area contributed by atoms with Gasteiger partial charge in [0.05, 0.1) is 11.8 Å². The Kier molecular flexibility index (Phi) is 3.32. The highest BCUT2D eigenvalue weighted by Gasteiger charge is 2.46. The van der Waals surface area contributed by atoms with Crippen molar-refractivity contribution in [2.75, 3.05) is 0 Å².